The molecule has 5 aromatic rings. The van der Waals surface area contributed by atoms with Crippen molar-refractivity contribution in [3.63, 3.8) is 0 Å². The summed E-state index contributed by atoms with van der Waals surface area (Å²) in [6.07, 6.45) is -0.286. The van der Waals surface area contributed by atoms with E-state index in [0.717, 1.165) is 4.90 Å². The number of anilines is 1. The van der Waals surface area contributed by atoms with Crippen molar-refractivity contribution >= 4 is 56.8 Å². The van der Waals surface area contributed by atoms with E-state index in [9.17, 15) is 32.8 Å². The predicted molar refractivity (Wildman–Crippen MR) is 222 cm³/mol. The number of nitrogens with zero attached hydrogens (tertiary/aromatic N) is 2. The quantitative estimate of drug-likeness (QED) is 0.0602. The van der Waals surface area contributed by atoms with Crippen LogP contribution in [-0.4, -0.2) is 104 Å². The second-order valence-electron chi connectivity index (χ2n) is 14.1. The molecular formula is C44H42F2N4O12S. The summed E-state index contributed by atoms with van der Waals surface area (Å²) in [5, 5.41) is 5.05. The molecule has 3 heterocycles. The summed E-state index contributed by atoms with van der Waals surface area (Å²) in [7, 11) is 0. The number of fused-ring (bicyclic) bond motifs is 2. The van der Waals surface area contributed by atoms with Gasteiger partial charge in [-0.25, -0.2) is 13.8 Å². The lowest BCUT2D eigenvalue weighted by Gasteiger charge is -2.27. The molecule has 1 fully saturated rings. The van der Waals surface area contributed by atoms with E-state index in [4.69, 9.17) is 33.2 Å². The van der Waals surface area contributed by atoms with Crippen LogP contribution in [0.25, 0.3) is 10.2 Å². The number of rotatable bonds is 22. The molecular weight excluding hydrogens is 847 g/mol. The number of amides is 5. The minimum atomic E-state index is -1.04. The van der Waals surface area contributed by atoms with Crippen LogP contribution in [0.3, 0.4) is 0 Å². The van der Waals surface area contributed by atoms with E-state index in [-0.39, 0.29) is 55.3 Å². The van der Waals surface area contributed by atoms with E-state index in [1.165, 1.54) is 54.7 Å². The van der Waals surface area contributed by atoms with Gasteiger partial charge in [0.2, 0.25) is 11.8 Å². The van der Waals surface area contributed by atoms with Gasteiger partial charge in [-0.15, -0.1) is 0 Å². The molecule has 0 spiro atoms. The highest BCUT2D eigenvalue weighted by atomic mass is 32.1. The predicted octanol–water partition coefficient (Wildman–Crippen LogP) is 6.07. The average molecular weight is 889 g/mol. The Morgan fingerprint density at radius 3 is 2.17 bits per heavy atom. The number of hydrogen-bond donors (Lipinski definition) is 2. The molecule has 1 aromatic heterocycles. The number of ether oxygens (including phenoxy) is 7. The maximum atomic E-state index is 14.8. The minimum absolute atomic E-state index is 0.0273. The first-order valence-electron chi connectivity index (χ1n) is 20.0. The third-order valence-corrected chi connectivity index (χ3v) is 10.5. The zero-order valence-corrected chi connectivity index (χ0v) is 34.7. The van der Waals surface area contributed by atoms with Crippen molar-refractivity contribution in [3.05, 3.63) is 102 Å². The van der Waals surface area contributed by atoms with E-state index in [2.05, 4.69) is 15.6 Å². The maximum Gasteiger partial charge on any atom is 0.279 e. The van der Waals surface area contributed by atoms with Gasteiger partial charge in [-0.2, -0.15) is 0 Å². The number of aromatic nitrogens is 1. The molecule has 16 nitrogen and oxygen atoms in total. The van der Waals surface area contributed by atoms with Gasteiger partial charge in [-0.1, -0.05) is 11.3 Å². The number of thiazole rings is 1. The fourth-order valence-corrected chi connectivity index (χ4v) is 7.30. The molecule has 2 aliphatic rings. The van der Waals surface area contributed by atoms with Crippen LogP contribution in [0.5, 0.6) is 28.2 Å². The molecule has 1 saturated heterocycles. The van der Waals surface area contributed by atoms with Crippen molar-refractivity contribution < 1.29 is 65.9 Å². The molecule has 0 aliphatic carbocycles. The van der Waals surface area contributed by atoms with Crippen LogP contribution < -0.4 is 29.6 Å². The van der Waals surface area contributed by atoms with Crippen molar-refractivity contribution in [2.75, 3.05) is 58.2 Å². The first-order valence-corrected chi connectivity index (χ1v) is 20.8. The fourth-order valence-electron chi connectivity index (χ4n) is 6.44. The van der Waals surface area contributed by atoms with Crippen molar-refractivity contribution in [2.24, 2.45) is 0 Å². The van der Waals surface area contributed by atoms with E-state index in [1.807, 2.05) is 0 Å². The highest BCUT2D eigenvalue weighted by Gasteiger charge is 2.44. The highest BCUT2D eigenvalue weighted by Crippen LogP contribution is 2.33. The van der Waals surface area contributed by atoms with Crippen molar-refractivity contribution in [3.8, 4) is 28.2 Å². The Hall–Kier alpha value is -6.54. The number of carbonyl (C=O) groups excluding carboxylic acids is 5. The summed E-state index contributed by atoms with van der Waals surface area (Å²) in [4.78, 5) is 67.5. The average Bonchev–Trinajstić information content (AvgIpc) is 3.77. The lowest BCUT2D eigenvalue weighted by molar-refractivity contribution is -0.136. The summed E-state index contributed by atoms with van der Waals surface area (Å²) >= 11 is 1.21. The molecule has 330 valence electrons. The molecule has 2 N–H and O–H groups in total. The Kier molecular flexibility index (Phi) is 14.9. The topological polar surface area (TPSA) is 190 Å². The minimum Gasteiger partial charge on any atom is -0.493 e. The Balaban J connectivity index is 0.700. The number of benzene rings is 4. The Morgan fingerprint density at radius 1 is 0.778 bits per heavy atom. The van der Waals surface area contributed by atoms with Crippen LogP contribution in [0.2, 0.25) is 0 Å². The molecule has 7 rings (SSSR count). The monoisotopic (exact) mass is 888 g/mol. The van der Waals surface area contributed by atoms with Gasteiger partial charge in [0, 0.05) is 25.5 Å². The Bertz CT molecular complexity index is 2470. The number of imide groups is 2. The number of piperidine rings is 1. The largest absolute Gasteiger partial charge is 0.493 e. The molecule has 4 aromatic carbocycles. The second-order valence-corrected chi connectivity index (χ2v) is 15.1. The first-order chi connectivity index (χ1) is 30.5. The van der Waals surface area contributed by atoms with E-state index in [1.54, 1.807) is 42.5 Å². The molecule has 0 radical (unpaired) electrons. The van der Waals surface area contributed by atoms with Gasteiger partial charge < -0.3 is 38.5 Å². The standard InChI is InChI=1S/C44H42F2N4O12S/c1-26(61-28-4-6-29(7-5-28)62-44-48-36-11-3-27(45)23-38(36)63-44)40(52)47-35-12-9-31(25-34(35)46)59-16-2-15-56-17-18-57-19-20-58-21-22-60-30-8-10-32-33(24-30)43(55)50(42(32)54)37-13-14-39(51)49-41(37)53/h3-12,23-26,37H,2,13-22H2,1H3,(H,47,52)(H,49,51,53). The molecule has 0 bridgehead atoms. The van der Waals surface area contributed by atoms with Crippen LogP contribution in [0, 0.1) is 11.6 Å². The lowest BCUT2D eigenvalue weighted by Crippen LogP contribution is -2.54. The van der Waals surface area contributed by atoms with Gasteiger partial charge in [0.15, 0.2) is 6.10 Å². The van der Waals surface area contributed by atoms with Crippen molar-refractivity contribution in [1.82, 2.24) is 15.2 Å². The Morgan fingerprint density at radius 2 is 1.43 bits per heavy atom. The SMILES string of the molecule is CC(Oc1ccc(Oc2nc3ccc(F)cc3s2)cc1)C(=O)Nc1ccc(OCCCOCCOCCOCCOc2ccc3c(c2)C(=O)N(C2CCC(=O)NC2=O)C3=O)cc1F. The molecule has 5 amide bonds. The molecule has 2 unspecified atom stereocenters. The first kappa shape index (κ1) is 44.5. The van der Waals surface area contributed by atoms with Gasteiger partial charge in [-0.3, -0.25) is 34.2 Å². The van der Waals surface area contributed by atoms with Crippen LogP contribution in [-0.2, 0) is 28.6 Å². The molecule has 63 heavy (non-hydrogen) atoms. The van der Waals surface area contributed by atoms with E-state index >= 15 is 0 Å². The molecule has 2 atom stereocenters. The molecule has 0 saturated carbocycles. The summed E-state index contributed by atoms with van der Waals surface area (Å²) in [5.74, 6) is -2.36. The van der Waals surface area contributed by atoms with Gasteiger partial charge in [0.1, 0.15) is 47.3 Å². The third kappa shape index (κ3) is 11.7. The Labute approximate surface area is 363 Å². The third-order valence-electron chi connectivity index (χ3n) is 9.59. The smallest absolute Gasteiger partial charge is 0.279 e. The number of nitrogens with one attached hydrogen (secondary N) is 2. The normalized spacial score (nSPS) is 15.3. The van der Waals surface area contributed by atoms with Gasteiger partial charge in [0.05, 0.1) is 66.7 Å². The van der Waals surface area contributed by atoms with Crippen LogP contribution in [0.15, 0.2) is 78.9 Å². The maximum absolute atomic E-state index is 14.8. The zero-order chi connectivity index (χ0) is 44.3. The van der Waals surface area contributed by atoms with Crippen LogP contribution >= 0.6 is 11.3 Å². The van der Waals surface area contributed by atoms with Crippen molar-refractivity contribution in [1.29, 1.82) is 0 Å². The number of hydrogen-bond acceptors (Lipinski definition) is 14. The summed E-state index contributed by atoms with van der Waals surface area (Å²) in [6, 6.07) is 18.4. The highest BCUT2D eigenvalue weighted by molar-refractivity contribution is 7.20. The summed E-state index contributed by atoms with van der Waals surface area (Å²) in [6.45, 7) is 3.97. The van der Waals surface area contributed by atoms with Gasteiger partial charge in [-0.05, 0) is 86.1 Å². The van der Waals surface area contributed by atoms with Gasteiger partial charge in [0.25, 0.3) is 22.9 Å². The number of halogens is 2. The van der Waals surface area contributed by atoms with Crippen LogP contribution in [0.1, 0.15) is 46.9 Å². The van der Waals surface area contributed by atoms with Gasteiger partial charge >= 0.3 is 0 Å². The van der Waals surface area contributed by atoms with E-state index in [0.29, 0.717) is 77.9 Å². The summed E-state index contributed by atoms with van der Waals surface area (Å²) < 4.78 is 68.4. The lowest BCUT2D eigenvalue weighted by atomic mass is 10.0. The fraction of sp³-hybridized carbons (Fsp3) is 0.318. The molecule has 2 aliphatic heterocycles. The van der Waals surface area contributed by atoms with Crippen molar-refractivity contribution in [2.45, 2.75) is 38.3 Å². The van der Waals surface area contributed by atoms with Crippen LogP contribution in [0.4, 0.5) is 14.5 Å². The summed E-state index contributed by atoms with van der Waals surface area (Å²) in [5.41, 5.74) is 0.900. The second kappa shape index (κ2) is 21.0. The molecule has 19 heteroatoms. The van der Waals surface area contributed by atoms with E-state index < -0.39 is 47.5 Å². The number of carbonyl (C=O) groups is 5. The zero-order valence-electron chi connectivity index (χ0n) is 33.9.